The van der Waals surface area contributed by atoms with Crippen LogP contribution in [0.4, 0.5) is 4.79 Å². The van der Waals surface area contributed by atoms with Gasteiger partial charge in [-0.1, -0.05) is 12.1 Å². The molecule has 1 aromatic heterocycles. The molecule has 0 saturated carbocycles. The van der Waals surface area contributed by atoms with Crippen molar-refractivity contribution in [1.82, 2.24) is 4.90 Å². The van der Waals surface area contributed by atoms with Gasteiger partial charge < -0.3 is 19.1 Å². The minimum absolute atomic E-state index is 0.205. The predicted molar refractivity (Wildman–Crippen MR) is 120 cm³/mol. The number of likely N-dealkylation sites (tertiary alicyclic amines) is 1. The molecule has 1 saturated heterocycles. The average molecular weight is 432 g/mol. The minimum Gasteiger partial charge on any atom is -0.494 e. The Hall–Kier alpha value is -2.05. The summed E-state index contributed by atoms with van der Waals surface area (Å²) in [7, 11) is 0. The highest BCUT2D eigenvalue weighted by Gasteiger charge is 2.27. The molecule has 0 atom stereocenters. The largest absolute Gasteiger partial charge is 0.494 e. The molecule has 3 rings (SSSR count). The van der Waals surface area contributed by atoms with E-state index in [0.717, 1.165) is 38.1 Å². The van der Waals surface area contributed by atoms with Gasteiger partial charge in [0, 0.05) is 19.5 Å². The Kier molecular flexibility index (Phi) is 8.16. The Balaban J connectivity index is 1.34. The number of hydrogen-bond donors (Lipinski definition) is 0. The highest BCUT2D eigenvalue weighted by molar-refractivity contribution is 7.07. The Bertz CT molecular complexity index is 760. The summed E-state index contributed by atoms with van der Waals surface area (Å²) in [6.07, 6.45) is 2.58. The zero-order chi connectivity index (χ0) is 21.4. The van der Waals surface area contributed by atoms with Crippen LogP contribution in [0, 0.1) is 0 Å². The topological polar surface area (TPSA) is 48.0 Å². The summed E-state index contributed by atoms with van der Waals surface area (Å²) >= 11 is 1.69. The molecule has 2 aromatic rings. The van der Waals surface area contributed by atoms with E-state index in [1.54, 1.807) is 11.3 Å². The van der Waals surface area contributed by atoms with Crippen LogP contribution in [0.5, 0.6) is 5.75 Å². The SMILES string of the molecule is CC(C)(C)OC(=O)N1CCC(c2ccc(OCCCOCc3ccsc3)cc2)CC1. The molecule has 0 aliphatic carbocycles. The third kappa shape index (κ3) is 7.33. The van der Waals surface area contributed by atoms with Crippen molar-refractivity contribution in [2.45, 2.75) is 58.2 Å². The van der Waals surface area contributed by atoms with Gasteiger partial charge in [0.2, 0.25) is 0 Å². The molecule has 0 bridgehead atoms. The number of rotatable bonds is 8. The third-order valence-electron chi connectivity index (χ3n) is 5.05. The smallest absolute Gasteiger partial charge is 0.410 e. The van der Waals surface area contributed by atoms with E-state index in [1.807, 2.05) is 37.8 Å². The number of carbonyl (C=O) groups is 1. The maximum atomic E-state index is 12.2. The maximum Gasteiger partial charge on any atom is 0.410 e. The van der Waals surface area contributed by atoms with E-state index < -0.39 is 5.60 Å². The number of amides is 1. The van der Waals surface area contributed by atoms with Crippen molar-refractivity contribution in [3.8, 4) is 5.75 Å². The third-order valence-corrected chi connectivity index (χ3v) is 5.78. The van der Waals surface area contributed by atoms with Crippen LogP contribution in [0.1, 0.15) is 57.1 Å². The molecule has 1 aliphatic heterocycles. The molecule has 5 nitrogen and oxygen atoms in total. The fraction of sp³-hybridized carbons (Fsp3) is 0.542. The number of piperidine rings is 1. The van der Waals surface area contributed by atoms with E-state index in [9.17, 15) is 4.79 Å². The van der Waals surface area contributed by atoms with E-state index in [4.69, 9.17) is 14.2 Å². The molecule has 6 heteroatoms. The molecular formula is C24H33NO4S. The lowest BCUT2D eigenvalue weighted by Crippen LogP contribution is -2.41. The first-order valence-electron chi connectivity index (χ1n) is 10.7. The Morgan fingerprint density at radius 2 is 1.83 bits per heavy atom. The molecule has 1 aliphatic rings. The second kappa shape index (κ2) is 10.8. The first-order chi connectivity index (χ1) is 14.4. The second-order valence-electron chi connectivity index (χ2n) is 8.70. The second-order valence-corrected chi connectivity index (χ2v) is 9.48. The molecule has 0 N–H and O–H groups in total. The van der Waals surface area contributed by atoms with Gasteiger partial charge in [-0.15, -0.1) is 0 Å². The average Bonchev–Trinajstić information content (AvgIpc) is 3.23. The molecule has 1 fully saturated rings. The zero-order valence-electron chi connectivity index (χ0n) is 18.3. The summed E-state index contributed by atoms with van der Waals surface area (Å²) in [5, 5.41) is 4.18. The van der Waals surface area contributed by atoms with Crippen LogP contribution < -0.4 is 4.74 Å². The van der Waals surface area contributed by atoms with Crippen LogP contribution in [0.25, 0.3) is 0 Å². The van der Waals surface area contributed by atoms with Crippen LogP contribution in [0.15, 0.2) is 41.1 Å². The van der Waals surface area contributed by atoms with Crippen LogP contribution in [-0.2, 0) is 16.1 Å². The van der Waals surface area contributed by atoms with Crippen LogP contribution in [-0.4, -0.2) is 42.9 Å². The molecule has 164 valence electrons. The molecule has 0 unspecified atom stereocenters. The minimum atomic E-state index is -0.445. The highest BCUT2D eigenvalue weighted by atomic mass is 32.1. The van der Waals surface area contributed by atoms with Gasteiger partial charge in [0.15, 0.2) is 0 Å². The van der Waals surface area contributed by atoms with Gasteiger partial charge in [-0.2, -0.15) is 11.3 Å². The summed E-state index contributed by atoms with van der Waals surface area (Å²) in [6, 6.07) is 10.5. The molecule has 0 radical (unpaired) electrons. The van der Waals surface area contributed by atoms with Gasteiger partial charge >= 0.3 is 6.09 Å². The first kappa shape index (κ1) is 22.6. The fourth-order valence-electron chi connectivity index (χ4n) is 3.47. The van der Waals surface area contributed by atoms with Gasteiger partial charge in [0.25, 0.3) is 0 Å². The first-order valence-corrected chi connectivity index (χ1v) is 11.6. The standard InChI is InChI=1S/C24H33NO4S/c1-24(2,3)29-23(26)25-12-9-21(10-13-25)20-5-7-22(8-6-20)28-15-4-14-27-17-19-11-16-30-18-19/h5-8,11,16,18,21H,4,9-10,12-15,17H2,1-3H3. The molecule has 1 aromatic carbocycles. The molecule has 2 heterocycles. The number of carbonyl (C=O) groups excluding carboxylic acids is 1. The molecular weight excluding hydrogens is 398 g/mol. The lowest BCUT2D eigenvalue weighted by atomic mass is 9.89. The van der Waals surface area contributed by atoms with Crippen molar-refractivity contribution in [3.05, 3.63) is 52.2 Å². The predicted octanol–water partition coefficient (Wildman–Crippen LogP) is 5.85. The molecule has 1 amide bonds. The van der Waals surface area contributed by atoms with Gasteiger partial charge in [0.1, 0.15) is 11.4 Å². The Labute approximate surface area is 183 Å². The summed E-state index contributed by atoms with van der Waals surface area (Å²) in [6.45, 7) is 9.21. The van der Waals surface area contributed by atoms with Gasteiger partial charge in [-0.25, -0.2) is 4.79 Å². The normalized spacial score (nSPS) is 15.2. The van der Waals surface area contributed by atoms with Crippen molar-refractivity contribution < 1.29 is 19.0 Å². The number of thiophene rings is 1. The van der Waals surface area contributed by atoms with E-state index in [2.05, 4.69) is 29.0 Å². The Morgan fingerprint density at radius 3 is 2.47 bits per heavy atom. The van der Waals surface area contributed by atoms with Crippen LogP contribution in [0.2, 0.25) is 0 Å². The fourth-order valence-corrected chi connectivity index (χ4v) is 4.13. The molecule has 30 heavy (non-hydrogen) atoms. The van der Waals surface area contributed by atoms with E-state index in [0.29, 0.717) is 25.7 Å². The Morgan fingerprint density at radius 1 is 1.10 bits per heavy atom. The van der Waals surface area contributed by atoms with Crippen molar-refractivity contribution in [2.24, 2.45) is 0 Å². The lowest BCUT2D eigenvalue weighted by molar-refractivity contribution is 0.0205. The maximum absolute atomic E-state index is 12.2. The monoisotopic (exact) mass is 431 g/mol. The van der Waals surface area contributed by atoms with Crippen molar-refractivity contribution >= 4 is 17.4 Å². The number of ether oxygens (including phenoxy) is 3. The van der Waals surface area contributed by atoms with E-state index >= 15 is 0 Å². The van der Waals surface area contributed by atoms with Crippen molar-refractivity contribution in [1.29, 1.82) is 0 Å². The number of nitrogens with zero attached hydrogens (tertiary/aromatic N) is 1. The summed E-state index contributed by atoms with van der Waals surface area (Å²) in [5.74, 6) is 1.37. The van der Waals surface area contributed by atoms with Crippen molar-refractivity contribution in [2.75, 3.05) is 26.3 Å². The zero-order valence-corrected chi connectivity index (χ0v) is 19.1. The quantitative estimate of drug-likeness (QED) is 0.492. The van der Waals surface area contributed by atoms with Crippen molar-refractivity contribution in [3.63, 3.8) is 0 Å². The number of benzene rings is 1. The summed E-state index contributed by atoms with van der Waals surface area (Å²) in [4.78, 5) is 14.0. The van der Waals surface area contributed by atoms with Crippen LogP contribution >= 0.6 is 11.3 Å². The summed E-state index contributed by atoms with van der Waals surface area (Å²) in [5.41, 5.74) is 2.10. The van der Waals surface area contributed by atoms with Gasteiger partial charge in [-0.3, -0.25) is 0 Å². The molecule has 0 spiro atoms. The lowest BCUT2D eigenvalue weighted by Gasteiger charge is -2.33. The van der Waals surface area contributed by atoms with Crippen LogP contribution in [0.3, 0.4) is 0 Å². The number of hydrogen-bond acceptors (Lipinski definition) is 5. The van der Waals surface area contributed by atoms with E-state index in [1.165, 1.54) is 11.1 Å². The van der Waals surface area contributed by atoms with Gasteiger partial charge in [0.05, 0.1) is 19.8 Å². The highest BCUT2D eigenvalue weighted by Crippen LogP contribution is 2.30. The van der Waals surface area contributed by atoms with Gasteiger partial charge in [-0.05, 0) is 79.6 Å². The van der Waals surface area contributed by atoms with E-state index in [-0.39, 0.29) is 6.09 Å². The summed E-state index contributed by atoms with van der Waals surface area (Å²) < 4.78 is 17.0.